The van der Waals surface area contributed by atoms with E-state index >= 15 is 0 Å². The van der Waals surface area contributed by atoms with E-state index in [0.29, 0.717) is 42.4 Å². The molecule has 41 heavy (non-hydrogen) atoms. The van der Waals surface area contributed by atoms with Gasteiger partial charge in [0.25, 0.3) is 0 Å². The molecule has 0 saturated heterocycles. The standard InChI is InChI=1S/C31H42N8O2/c1-8-18-33-28-25(22-35-30(37-28)36-26-13-11-24(21-32)12-14-26)15-16-31(3,4)17-19-34-29(41)23(2)39(7)27(40)10-9-20-38(5)6/h9-14,22-23H,8,17-20H2,1-7H3,(H,34,41)(H2,33,35,36,37)/b10-9+/t23-/m0/s1. The fourth-order valence-corrected chi connectivity index (χ4v) is 3.46. The smallest absolute Gasteiger partial charge is 0.246 e. The Morgan fingerprint density at radius 3 is 2.49 bits per heavy atom. The maximum absolute atomic E-state index is 12.7. The van der Waals surface area contributed by atoms with E-state index in [2.05, 4.69) is 50.8 Å². The normalized spacial score (nSPS) is 11.8. The van der Waals surface area contributed by atoms with Crippen molar-refractivity contribution in [3.8, 4) is 17.9 Å². The molecular formula is C31H42N8O2. The van der Waals surface area contributed by atoms with Crippen LogP contribution >= 0.6 is 0 Å². The molecule has 0 aliphatic heterocycles. The van der Waals surface area contributed by atoms with E-state index in [0.717, 1.165) is 18.7 Å². The summed E-state index contributed by atoms with van der Waals surface area (Å²) < 4.78 is 0. The van der Waals surface area contributed by atoms with Gasteiger partial charge < -0.3 is 25.8 Å². The van der Waals surface area contributed by atoms with Crippen LogP contribution in [0.25, 0.3) is 0 Å². The van der Waals surface area contributed by atoms with Gasteiger partial charge in [-0.3, -0.25) is 9.59 Å². The number of hydrogen-bond donors (Lipinski definition) is 3. The lowest BCUT2D eigenvalue weighted by Crippen LogP contribution is -2.46. The fraction of sp³-hybridized carbons (Fsp3) is 0.452. The third-order valence-electron chi connectivity index (χ3n) is 6.23. The van der Waals surface area contributed by atoms with Crippen LogP contribution in [-0.4, -0.2) is 78.4 Å². The number of rotatable bonds is 13. The van der Waals surface area contributed by atoms with Crippen LogP contribution in [0.2, 0.25) is 0 Å². The summed E-state index contributed by atoms with van der Waals surface area (Å²) in [4.78, 5) is 37.4. The number of hydrogen-bond acceptors (Lipinski definition) is 8. The van der Waals surface area contributed by atoms with Crippen molar-refractivity contribution in [1.29, 1.82) is 5.26 Å². The number of anilines is 3. The van der Waals surface area contributed by atoms with Crippen molar-refractivity contribution in [3.63, 3.8) is 0 Å². The third-order valence-corrected chi connectivity index (χ3v) is 6.23. The lowest BCUT2D eigenvalue weighted by Gasteiger charge is -2.24. The van der Waals surface area contributed by atoms with Gasteiger partial charge in [0.1, 0.15) is 11.9 Å². The van der Waals surface area contributed by atoms with Gasteiger partial charge in [0.05, 0.1) is 23.4 Å². The molecule has 218 valence electrons. The van der Waals surface area contributed by atoms with Crippen molar-refractivity contribution in [2.75, 3.05) is 51.4 Å². The Morgan fingerprint density at radius 2 is 1.85 bits per heavy atom. The average molecular weight is 559 g/mol. The van der Waals surface area contributed by atoms with Crippen LogP contribution in [0.15, 0.2) is 42.6 Å². The first-order valence-corrected chi connectivity index (χ1v) is 13.7. The number of likely N-dealkylation sites (N-methyl/N-ethyl adjacent to an activating group) is 2. The van der Waals surface area contributed by atoms with E-state index in [1.54, 1.807) is 50.5 Å². The van der Waals surface area contributed by atoms with Gasteiger partial charge >= 0.3 is 0 Å². The number of carbonyl (C=O) groups excluding carboxylic acids is 2. The molecule has 0 bridgehead atoms. The van der Waals surface area contributed by atoms with Gasteiger partial charge in [0.2, 0.25) is 17.8 Å². The van der Waals surface area contributed by atoms with Gasteiger partial charge in [0, 0.05) is 43.9 Å². The van der Waals surface area contributed by atoms with Gasteiger partial charge in [-0.1, -0.05) is 24.8 Å². The summed E-state index contributed by atoms with van der Waals surface area (Å²) in [6, 6.07) is 8.57. The molecule has 0 aliphatic carbocycles. The predicted octanol–water partition coefficient (Wildman–Crippen LogP) is 3.76. The number of nitrogens with one attached hydrogen (secondary N) is 3. The monoisotopic (exact) mass is 558 g/mol. The number of amides is 2. The molecule has 0 spiro atoms. The SMILES string of the molecule is CCCNc1nc(Nc2ccc(C#N)cc2)ncc1C#CC(C)(C)CCNC(=O)[C@H](C)N(C)C(=O)/C=C/CN(C)C. The Kier molecular flexibility index (Phi) is 12.8. The summed E-state index contributed by atoms with van der Waals surface area (Å²) in [5, 5.41) is 18.4. The third kappa shape index (κ3) is 11.3. The molecule has 10 nitrogen and oxygen atoms in total. The highest BCUT2D eigenvalue weighted by atomic mass is 16.2. The zero-order valence-corrected chi connectivity index (χ0v) is 25.2. The molecular weight excluding hydrogens is 516 g/mol. The number of nitrogens with zero attached hydrogens (tertiary/aromatic N) is 5. The number of benzene rings is 1. The molecule has 0 unspecified atom stereocenters. The molecule has 1 aromatic heterocycles. The summed E-state index contributed by atoms with van der Waals surface area (Å²) in [6.45, 7) is 9.62. The van der Waals surface area contributed by atoms with Crippen LogP contribution in [0, 0.1) is 28.6 Å². The molecule has 2 aromatic rings. The van der Waals surface area contributed by atoms with Gasteiger partial charge in [-0.2, -0.15) is 10.2 Å². The van der Waals surface area contributed by atoms with E-state index in [9.17, 15) is 9.59 Å². The predicted molar refractivity (Wildman–Crippen MR) is 163 cm³/mol. The molecule has 2 rings (SSSR count). The summed E-state index contributed by atoms with van der Waals surface area (Å²) in [6.07, 6.45) is 6.49. The molecule has 0 saturated carbocycles. The summed E-state index contributed by atoms with van der Waals surface area (Å²) in [5.41, 5.74) is 1.64. The number of carbonyl (C=O) groups is 2. The second kappa shape index (κ2) is 16.0. The van der Waals surface area contributed by atoms with Crippen molar-refractivity contribution < 1.29 is 9.59 Å². The van der Waals surface area contributed by atoms with Crippen LogP contribution in [0.5, 0.6) is 0 Å². The summed E-state index contributed by atoms with van der Waals surface area (Å²) >= 11 is 0. The molecule has 3 N–H and O–H groups in total. The largest absolute Gasteiger partial charge is 0.369 e. The van der Waals surface area contributed by atoms with Gasteiger partial charge in [-0.15, -0.1) is 0 Å². The molecule has 0 fully saturated rings. The zero-order chi connectivity index (χ0) is 30.4. The second-order valence-electron chi connectivity index (χ2n) is 10.7. The molecule has 1 heterocycles. The van der Waals surface area contributed by atoms with Gasteiger partial charge in [-0.25, -0.2) is 4.98 Å². The van der Waals surface area contributed by atoms with Crippen molar-refractivity contribution in [2.24, 2.45) is 5.41 Å². The highest BCUT2D eigenvalue weighted by Gasteiger charge is 2.22. The Balaban J connectivity index is 2.01. The average Bonchev–Trinajstić information content (AvgIpc) is 2.94. The Labute approximate surface area is 244 Å². The van der Waals surface area contributed by atoms with E-state index in [4.69, 9.17) is 5.26 Å². The van der Waals surface area contributed by atoms with Crippen molar-refractivity contribution >= 4 is 29.3 Å². The number of nitriles is 1. The fourth-order valence-electron chi connectivity index (χ4n) is 3.46. The maximum Gasteiger partial charge on any atom is 0.246 e. The maximum atomic E-state index is 12.7. The Morgan fingerprint density at radius 1 is 1.15 bits per heavy atom. The summed E-state index contributed by atoms with van der Waals surface area (Å²) in [7, 11) is 5.47. The first-order valence-electron chi connectivity index (χ1n) is 13.7. The lowest BCUT2D eigenvalue weighted by atomic mass is 9.90. The first kappa shape index (κ1) is 32.8. The topological polar surface area (TPSA) is 126 Å². The zero-order valence-electron chi connectivity index (χ0n) is 25.2. The summed E-state index contributed by atoms with van der Waals surface area (Å²) in [5.74, 6) is 7.14. The molecule has 2 amide bonds. The molecule has 1 aromatic carbocycles. The van der Waals surface area contributed by atoms with Crippen molar-refractivity contribution in [3.05, 3.63) is 53.7 Å². The van der Waals surface area contributed by atoms with E-state index < -0.39 is 11.5 Å². The number of aromatic nitrogens is 2. The lowest BCUT2D eigenvalue weighted by molar-refractivity contribution is -0.135. The first-order chi connectivity index (χ1) is 19.5. The Bertz CT molecular complexity index is 1300. The van der Waals surface area contributed by atoms with Crippen LogP contribution in [0.4, 0.5) is 17.5 Å². The van der Waals surface area contributed by atoms with E-state index in [1.165, 1.54) is 11.0 Å². The van der Waals surface area contributed by atoms with E-state index in [1.807, 2.05) is 32.8 Å². The molecule has 10 heteroatoms. The van der Waals surface area contributed by atoms with Crippen molar-refractivity contribution in [1.82, 2.24) is 25.1 Å². The van der Waals surface area contributed by atoms with Crippen LogP contribution in [0.3, 0.4) is 0 Å². The van der Waals surface area contributed by atoms with Crippen LogP contribution < -0.4 is 16.0 Å². The van der Waals surface area contributed by atoms with Gasteiger partial charge in [0.15, 0.2) is 0 Å². The highest BCUT2D eigenvalue weighted by molar-refractivity contribution is 5.92. The Hall–Kier alpha value is -4.41. The van der Waals surface area contributed by atoms with Crippen molar-refractivity contribution in [2.45, 2.75) is 46.6 Å². The highest BCUT2D eigenvalue weighted by Crippen LogP contribution is 2.21. The van der Waals surface area contributed by atoms with Crippen LogP contribution in [-0.2, 0) is 9.59 Å². The van der Waals surface area contributed by atoms with E-state index in [-0.39, 0.29) is 11.8 Å². The minimum atomic E-state index is -0.596. The molecule has 1 atom stereocenters. The second-order valence-corrected chi connectivity index (χ2v) is 10.7. The minimum Gasteiger partial charge on any atom is -0.369 e. The van der Waals surface area contributed by atoms with Crippen LogP contribution in [0.1, 0.15) is 51.7 Å². The minimum absolute atomic E-state index is 0.213. The molecule has 0 radical (unpaired) electrons. The quantitative estimate of drug-likeness (QED) is 0.251. The van der Waals surface area contributed by atoms with Gasteiger partial charge in [-0.05, 0) is 72.0 Å². The molecule has 0 aliphatic rings.